The molecule has 1 heterocycles. The molecule has 2 aliphatic rings. The van der Waals surface area contributed by atoms with Crippen LogP contribution < -0.4 is 5.73 Å². The van der Waals surface area contributed by atoms with Crippen LogP contribution in [0.25, 0.3) is 0 Å². The number of likely N-dealkylation sites (tertiary alicyclic amines) is 1. The van der Waals surface area contributed by atoms with Crippen molar-refractivity contribution in [2.24, 2.45) is 28.4 Å². The molecule has 17 heavy (non-hydrogen) atoms. The summed E-state index contributed by atoms with van der Waals surface area (Å²) in [4.78, 5) is 14.0. The number of nitrogens with two attached hydrogens (primary N) is 1. The first-order chi connectivity index (χ1) is 7.72. The molecule has 0 aromatic rings. The molecule has 1 aliphatic carbocycles. The Morgan fingerprint density at radius 1 is 1.24 bits per heavy atom. The number of hydrogen-bond acceptors (Lipinski definition) is 2. The van der Waals surface area contributed by atoms with Gasteiger partial charge in [0.05, 0.1) is 0 Å². The maximum Gasteiger partial charge on any atom is 0.223 e. The second-order valence-electron chi connectivity index (χ2n) is 7.07. The molecule has 3 heteroatoms. The van der Waals surface area contributed by atoms with Crippen molar-refractivity contribution < 1.29 is 4.79 Å². The highest BCUT2D eigenvalue weighted by Crippen LogP contribution is 2.62. The Labute approximate surface area is 106 Å². The van der Waals surface area contributed by atoms with E-state index in [2.05, 4.69) is 45.3 Å². The second kappa shape index (κ2) is 4.60. The van der Waals surface area contributed by atoms with Gasteiger partial charge in [-0.1, -0.05) is 34.6 Å². The van der Waals surface area contributed by atoms with Crippen LogP contribution in [0.1, 0.15) is 41.0 Å². The Hall–Kier alpha value is -0.570. The fraction of sp³-hybridized carbons (Fsp3) is 0.929. The van der Waals surface area contributed by atoms with E-state index < -0.39 is 0 Å². The molecular formula is C14H28N2O. The van der Waals surface area contributed by atoms with Crippen molar-refractivity contribution in [2.75, 3.05) is 20.1 Å². The van der Waals surface area contributed by atoms with Crippen LogP contribution in [0, 0.1) is 22.7 Å². The van der Waals surface area contributed by atoms with Crippen molar-refractivity contribution in [1.82, 2.24) is 4.90 Å². The van der Waals surface area contributed by atoms with Gasteiger partial charge in [-0.2, -0.15) is 0 Å². The summed E-state index contributed by atoms with van der Waals surface area (Å²) in [6, 6.07) is 0. The molecule has 100 valence electrons. The molecule has 1 saturated carbocycles. The minimum Gasteiger partial charge on any atom is -0.342 e. The topological polar surface area (TPSA) is 46.3 Å². The summed E-state index contributed by atoms with van der Waals surface area (Å²) in [5, 5.41) is 0. The number of fused-ring (bicyclic) bond motifs is 1. The minimum atomic E-state index is 0.124. The molecule has 0 spiro atoms. The molecule has 3 nitrogen and oxygen atoms in total. The highest BCUT2D eigenvalue weighted by Gasteiger charge is 2.62. The smallest absolute Gasteiger partial charge is 0.223 e. The molecule has 1 saturated heterocycles. The lowest BCUT2D eigenvalue weighted by atomic mass is 9.91. The van der Waals surface area contributed by atoms with Gasteiger partial charge in [-0.05, 0) is 29.7 Å². The van der Waals surface area contributed by atoms with Crippen LogP contribution in [0.3, 0.4) is 0 Å². The van der Waals surface area contributed by atoms with Gasteiger partial charge in [0, 0.05) is 19.5 Å². The lowest BCUT2D eigenvalue weighted by Gasteiger charge is -2.26. The van der Waals surface area contributed by atoms with E-state index in [9.17, 15) is 4.79 Å². The SMILES string of the molecule is CC(C)(C)CC(=O)N1CC2C(C1)C2(C)C.CN. The molecule has 2 atom stereocenters. The molecule has 2 fully saturated rings. The van der Waals surface area contributed by atoms with E-state index in [4.69, 9.17) is 0 Å². The van der Waals surface area contributed by atoms with E-state index in [-0.39, 0.29) is 5.41 Å². The van der Waals surface area contributed by atoms with E-state index in [0.717, 1.165) is 24.9 Å². The molecule has 2 rings (SSSR count). The van der Waals surface area contributed by atoms with Gasteiger partial charge in [-0.15, -0.1) is 0 Å². The average Bonchev–Trinajstić information content (AvgIpc) is 2.63. The first-order valence-corrected chi connectivity index (χ1v) is 6.57. The van der Waals surface area contributed by atoms with Gasteiger partial charge in [-0.25, -0.2) is 0 Å². The van der Waals surface area contributed by atoms with Crippen LogP contribution >= 0.6 is 0 Å². The minimum absolute atomic E-state index is 0.124. The van der Waals surface area contributed by atoms with Crippen LogP contribution in [-0.2, 0) is 4.79 Å². The fourth-order valence-electron chi connectivity index (χ4n) is 2.90. The van der Waals surface area contributed by atoms with Crippen LogP contribution in [0.2, 0.25) is 0 Å². The van der Waals surface area contributed by atoms with Crippen molar-refractivity contribution in [1.29, 1.82) is 0 Å². The zero-order chi connectivity index (χ0) is 13.4. The second-order valence-corrected chi connectivity index (χ2v) is 7.07. The number of piperidine rings is 1. The maximum absolute atomic E-state index is 12.0. The predicted molar refractivity (Wildman–Crippen MR) is 71.5 cm³/mol. The van der Waals surface area contributed by atoms with Crippen LogP contribution in [0.15, 0.2) is 0 Å². The average molecular weight is 240 g/mol. The predicted octanol–water partition coefficient (Wildman–Crippen LogP) is 2.11. The van der Waals surface area contributed by atoms with E-state index in [0.29, 0.717) is 17.7 Å². The molecule has 1 aliphatic heterocycles. The van der Waals surface area contributed by atoms with Crippen molar-refractivity contribution in [3.63, 3.8) is 0 Å². The number of amides is 1. The zero-order valence-corrected chi connectivity index (χ0v) is 12.2. The molecule has 0 radical (unpaired) electrons. The largest absolute Gasteiger partial charge is 0.342 e. The summed E-state index contributed by atoms with van der Waals surface area (Å²) in [6.07, 6.45) is 0.687. The van der Waals surface area contributed by atoms with Crippen LogP contribution in [0.4, 0.5) is 0 Å². The summed E-state index contributed by atoms with van der Waals surface area (Å²) >= 11 is 0. The van der Waals surface area contributed by atoms with Gasteiger partial charge in [0.25, 0.3) is 0 Å². The Morgan fingerprint density at radius 2 is 1.65 bits per heavy atom. The molecular weight excluding hydrogens is 212 g/mol. The first kappa shape index (κ1) is 14.5. The van der Waals surface area contributed by atoms with E-state index in [1.165, 1.54) is 7.05 Å². The highest BCUT2D eigenvalue weighted by atomic mass is 16.2. The summed E-state index contributed by atoms with van der Waals surface area (Å²) in [5.41, 5.74) is 5.14. The lowest BCUT2D eigenvalue weighted by molar-refractivity contribution is -0.132. The first-order valence-electron chi connectivity index (χ1n) is 6.57. The zero-order valence-electron chi connectivity index (χ0n) is 12.2. The summed E-state index contributed by atoms with van der Waals surface area (Å²) in [6.45, 7) is 13.1. The third kappa shape index (κ3) is 3.01. The van der Waals surface area contributed by atoms with Gasteiger partial charge in [0.2, 0.25) is 5.91 Å². The molecule has 2 N–H and O–H groups in total. The third-order valence-electron chi connectivity index (χ3n) is 4.16. The van der Waals surface area contributed by atoms with Crippen LogP contribution in [0.5, 0.6) is 0 Å². The normalized spacial score (nSPS) is 29.2. The fourth-order valence-corrected chi connectivity index (χ4v) is 2.90. The quantitative estimate of drug-likeness (QED) is 0.763. The molecule has 0 aromatic carbocycles. The van der Waals surface area contributed by atoms with Gasteiger partial charge in [0.15, 0.2) is 0 Å². The van der Waals surface area contributed by atoms with Gasteiger partial charge in [0.1, 0.15) is 0 Å². The molecule has 0 bridgehead atoms. The van der Waals surface area contributed by atoms with Gasteiger partial charge in [-0.3, -0.25) is 4.79 Å². The van der Waals surface area contributed by atoms with Crippen molar-refractivity contribution >= 4 is 5.91 Å². The Morgan fingerprint density at radius 3 is 2.00 bits per heavy atom. The number of rotatable bonds is 1. The van der Waals surface area contributed by atoms with Crippen LogP contribution in [-0.4, -0.2) is 30.9 Å². The summed E-state index contributed by atoms with van der Waals surface area (Å²) in [5.74, 6) is 1.91. The Kier molecular flexibility index (Phi) is 3.92. The standard InChI is InChI=1S/C13H23NO.CH5N/c1-12(2,3)6-11(15)14-7-9-10(8-14)13(9,4)5;1-2/h9-10H,6-8H2,1-5H3;2H2,1H3. The van der Waals surface area contributed by atoms with E-state index in [1.807, 2.05) is 0 Å². The Bertz CT molecular complexity index is 277. The molecule has 0 aromatic heterocycles. The molecule has 1 amide bonds. The van der Waals surface area contributed by atoms with Crippen molar-refractivity contribution in [3.8, 4) is 0 Å². The maximum atomic E-state index is 12.0. The number of nitrogens with zero attached hydrogens (tertiary/aromatic N) is 1. The number of carbonyl (C=O) groups is 1. The number of carbonyl (C=O) groups excluding carboxylic acids is 1. The summed E-state index contributed by atoms with van der Waals surface area (Å²) < 4.78 is 0. The van der Waals surface area contributed by atoms with Crippen molar-refractivity contribution in [3.05, 3.63) is 0 Å². The Balaban J connectivity index is 0.000000686. The van der Waals surface area contributed by atoms with Crippen molar-refractivity contribution in [2.45, 2.75) is 41.0 Å². The van der Waals surface area contributed by atoms with E-state index in [1.54, 1.807) is 0 Å². The highest BCUT2D eigenvalue weighted by molar-refractivity contribution is 5.77. The van der Waals surface area contributed by atoms with E-state index >= 15 is 0 Å². The monoisotopic (exact) mass is 240 g/mol. The third-order valence-corrected chi connectivity index (χ3v) is 4.16. The van der Waals surface area contributed by atoms with Gasteiger partial charge >= 0.3 is 0 Å². The lowest BCUT2D eigenvalue weighted by Crippen LogP contribution is -2.35. The molecule has 2 unspecified atom stereocenters. The summed E-state index contributed by atoms with van der Waals surface area (Å²) in [7, 11) is 1.50. The van der Waals surface area contributed by atoms with Gasteiger partial charge < -0.3 is 10.6 Å². The number of hydrogen-bond donors (Lipinski definition) is 1.